The maximum Gasteiger partial charge on any atom is 0.151 e. The van der Waals surface area contributed by atoms with Crippen LogP contribution in [0, 0.1) is 6.92 Å². The zero-order chi connectivity index (χ0) is 18.2. The Kier molecular flexibility index (Phi) is 4.02. The summed E-state index contributed by atoms with van der Waals surface area (Å²) in [6.07, 6.45) is 2.28. The predicted molar refractivity (Wildman–Crippen MR) is 105 cm³/mol. The molecule has 1 aliphatic heterocycles. The summed E-state index contributed by atoms with van der Waals surface area (Å²) in [5.41, 5.74) is 5.37. The Morgan fingerprint density at radius 3 is 2.93 bits per heavy atom. The minimum absolute atomic E-state index is 0.294. The first-order valence-electron chi connectivity index (χ1n) is 9.47. The standard InChI is InChI=1S/C22H22N4O/c1-15-9-10-18-20(12-15)24-22(23-18)21-8-5-11-26(21)14-17-13-19(25-27-17)16-6-3-2-4-7-16/h2-4,6-7,9-10,12-13,21H,5,8,11,14H2,1H3,(H,23,24). The van der Waals surface area contributed by atoms with Crippen molar-refractivity contribution in [3.8, 4) is 11.3 Å². The van der Waals surface area contributed by atoms with Gasteiger partial charge in [-0.1, -0.05) is 41.6 Å². The Hall–Kier alpha value is -2.92. The number of fused-ring (bicyclic) bond motifs is 1. The lowest BCUT2D eigenvalue weighted by atomic mass is 10.1. The van der Waals surface area contributed by atoms with Crippen molar-refractivity contribution in [2.45, 2.75) is 32.4 Å². The van der Waals surface area contributed by atoms with E-state index < -0.39 is 0 Å². The van der Waals surface area contributed by atoms with Crippen molar-refractivity contribution < 1.29 is 4.52 Å². The zero-order valence-electron chi connectivity index (χ0n) is 15.4. The van der Waals surface area contributed by atoms with Crippen LogP contribution in [0.3, 0.4) is 0 Å². The molecule has 1 saturated heterocycles. The number of benzene rings is 2. The molecule has 0 saturated carbocycles. The van der Waals surface area contributed by atoms with Crippen molar-refractivity contribution in [3.05, 3.63) is 71.7 Å². The molecule has 1 aliphatic rings. The largest absolute Gasteiger partial charge is 0.359 e. The quantitative estimate of drug-likeness (QED) is 0.566. The second-order valence-corrected chi connectivity index (χ2v) is 7.32. The van der Waals surface area contributed by atoms with Gasteiger partial charge in [0.05, 0.1) is 23.6 Å². The third kappa shape index (κ3) is 3.15. The number of imidazole rings is 1. The summed E-state index contributed by atoms with van der Waals surface area (Å²) in [5.74, 6) is 1.95. The molecule has 0 amide bonds. The average Bonchev–Trinajstić information content (AvgIpc) is 3.41. The fraction of sp³-hybridized carbons (Fsp3) is 0.273. The van der Waals surface area contributed by atoms with Crippen LogP contribution in [0.2, 0.25) is 0 Å². The number of nitrogens with zero attached hydrogens (tertiary/aromatic N) is 3. The van der Waals surface area contributed by atoms with E-state index in [1.807, 2.05) is 24.3 Å². The predicted octanol–water partition coefficient (Wildman–Crippen LogP) is 4.86. The molecule has 27 heavy (non-hydrogen) atoms. The molecule has 5 rings (SSSR count). The molecule has 0 radical (unpaired) electrons. The first-order chi connectivity index (χ1) is 13.3. The monoisotopic (exact) mass is 358 g/mol. The van der Waals surface area contributed by atoms with Crippen molar-refractivity contribution in [1.29, 1.82) is 0 Å². The van der Waals surface area contributed by atoms with Gasteiger partial charge in [-0.2, -0.15) is 0 Å². The van der Waals surface area contributed by atoms with Gasteiger partial charge in [-0.25, -0.2) is 4.98 Å². The average molecular weight is 358 g/mol. The normalized spacial score (nSPS) is 17.7. The maximum absolute atomic E-state index is 5.62. The van der Waals surface area contributed by atoms with E-state index in [0.29, 0.717) is 6.04 Å². The van der Waals surface area contributed by atoms with Gasteiger partial charge in [-0.3, -0.25) is 4.90 Å². The van der Waals surface area contributed by atoms with Gasteiger partial charge in [-0.05, 0) is 44.0 Å². The SMILES string of the molecule is Cc1ccc2nc(C3CCCN3Cc3cc(-c4ccccc4)no3)[nH]c2c1. The number of hydrogen-bond acceptors (Lipinski definition) is 4. The molecular weight excluding hydrogens is 336 g/mol. The third-order valence-electron chi connectivity index (χ3n) is 5.32. The molecule has 3 heterocycles. The van der Waals surface area contributed by atoms with Crippen LogP contribution in [0.15, 0.2) is 59.1 Å². The zero-order valence-corrected chi connectivity index (χ0v) is 15.4. The highest BCUT2D eigenvalue weighted by Crippen LogP contribution is 2.33. The van der Waals surface area contributed by atoms with Gasteiger partial charge in [0.15, 0.2) is 5.76 Å². The van der Waals surface area contributed by atoms with Gasteiger partial charge < -0.3 is 9.51 Å². The fourth-order valence-corrected chi connectivity index (χ4v) is 3.96. The van der Waals surface area contributed by atoms with E-state index in [9.17, 15) is 0 Å². The molecule has 4 aromatic rings. The third-order valence-corrected chi connectivity index (χ3v) is 5.32. The van der Waals surface area contributed by atoms with E-state index in [2.05, 4.69) is 52.3 Å². The van der Waals surface area contributed by atoms with Crippen LogP contribution in [-0.2, 0) is 6.54 Å². The van der Waals surface area contributed by atoms with E-state index in [0.717, 1.165) is 53.4 Å². The lowest BCUT2D eigenvalue weighted by molar-refractivity contribution is 0.211. The molecule has 2 aromatic heterocycles. The lowest BCUT2D eigenvalue weighted by Gasteiger charge is -2.21. The Morgan fingerprint density at radius 1 is 1.15 bits per heavy atom. The number of rotatable bonds is 4. The van der Waals surface area contributed by atoms with Crippen LogP contribution in [0.4, 0.5) is 0 Å². The highest BCUT2D eigenvalue weighted by atomic mass is 16.5. The van der Waals surface area contributed by atoms with Gasteiger partial charge >= 0.3 is 0 Å². The second kappa shape index (κ2) is 6.67. The molecule has 0 bridgehead atoms. The number of aromatic nitrogens is 3. The van der Waals surface area contributed by atoms with E-state index in [1.54, 1.807) is 0 Å². The summed E-state index contributed by atoms with van der Waals surface area (Å²) in [7, 11) is 0. The topological polar surface area (TPSA) is 58.0 Å². The first kappa shape index (κ1) is 16.3. The molecule has 136 valence electrons. The van der Waals surface area contributed by atoms with E-state index in [1.165, 1.54) is 12.0 Å². The highest BCUT2D eigenvalue weighted by Gasteiger charge is 2.29. The Bertz CT molecular complexity index is 1070. The van der Waals surface area contributed by atoms with Crippen LogP contribution in [0.5, 0.6) is 0 Å². The summed E-state index contributed by atoms with van der Waals surface area (Å²) in [6, 6.07) is 18.9. The van der Waals surface area contributed by atoms with E-state index in [-0.39, 0.29) is 0 Å². The van der Waals surface area contributed by atoms with Crippen LogP contribution in [-0.4, -0.2) is 26.6 Å². The second-order valence-electron chi connectivity index (χ2n) is 7.32. The van der Waals surface area contributed by atoms with Crippen molar-refractivity contribution in [1.82, 2.24) is 20.0 Å². The van der Waals surface area contributed by atoms with Gasteiger partial charge in [0.1, 0.15) is 11.5 Å². The molecule has 2 aromatic carbocycles. The number of aryl methyl sites for hydroxylation is 1. The van der Waals surface area contributed by atoms with Gasteiger partial charge in [0.25, 0.3) is 0 Å². The Labute approximate surface area is 158 Å². The summed E-state index contributed by atoms with van der Waals surface area (Å²) >= 11 is 0. The minimum Gasteiger partial charge on any atom is -0.359 e. The lowest BCUT2D eigenvalue weighted by Crippen LogP contribution is -2.23. The van der Waals surface area contributed by atoms with Crippen LogP contribution >= 0.6 is 0 Å². The van der Waals surface area contributed by atoms with Crippen LogP contribution in [0.25, 0.3) is 22.3 Å². The van der Waals surface area contributed by atoms with Gasteiger partial charge in [0, 0.05) is 11.6 Å². The van der Waals surface area contributed by atoms with Gasteiger partial charge in [-0.15, -0.1) is 0 Å². The smallest absolute Gasteiger partial charge is 0.151 e. The summed E-state index contributed by atoms with van der Waals surface area (Å²) < 4.78 is 5.62. The Balaban J connectivity index is 1.37. The summed E-state index contributed by atoms with van der Waals surface area (Å²) in [5, 5.41) is 4.25. The molecule has 1 atom stereocenters. The van der Waals surface area contributed by atoms with Gasteiger partial charge in [0.2, 0.25) is 0 Å². The van der Waals surface area contributed by atoms with Crippen LogP contribution in [0.1, 0.15) is 36.0 Å². The summed E-state index contributed by atoms with van der Waals surface area (Å²) in [6.45, 7) is 3.90. The van der Waals surface area contributed by atoms with Crippen molar-refractivity contribution in [2.75, 3.05) is 6.54 Å². The molecule has 5 nitrogen and oxygen atoms in total. The first-order valence-corrected chi connectivity index (χ1v) is 9.47. The van der Waals surface area contributed by atoms with E-state index in [4.69, 9.17) is 9.51 Å². The molecular formula is C22H22N4O. The molecule has 5 heteroatoms. The number of nitrogens with one attached hydrogen (secondary N) is 1. The number of H-pyrrole nitrogens is 1. The highest BCUT2D eigenvalue weighted by molar-refractivity contribution is 5.75. The minimum atomic E-state index is 0.294. The molecule has 0 aliphatic carbocycles. The number of aromatic amines is 1. The van der Waals surface area contributed by atoms with Crippen molar-refractivity contribution in [2.24, 2.45) is 0 Å². The molecule has 0 spiro atoms. The van der Waals surface area contributed by atoms with Crippen LogP contribution < -0.4 is 0 Å². The summed E-state index contributed by atoms with van der Waals surface area (Å²) in [4.78, 5) is 10.8. The number of likely N-dealkylation sites (tertiary alicyclic amines) is 1. The molecule has 1 N–H and O–H groups in total. The number of hydrogen-bond donors (Lipinski definition) is 1. The van der Waals surface area contributed by atoms with Crippen molar-refractivity contribution >= 4 is 11.0 Å². The molecule has 1 unspecified atom stereocenters. The fourth-order valence-electron chi connectivity index (χ4n) is 3.96. The Morgan fingerprint density at radius 2 is 2.04 bits per heavy atom. The molecule has 1 fully saturated rings. The maximum atomic E-state index is 5.62. The van der Waals surface area contributed by atoms with E-state index >= 15 is 0 Å². The van der Waals surface area contributed by atoms with Crippen molar-refractivity contribution in [3.63, 3.8) is 0 Å².